The molecule has 88 valence electrons. The van der Waals surface area contributed by atoms with Crippen molar-refractivity contribution in [3.05, 3.63) is 28.8 Å². The Morgan fingerprint density at radius 3 is 2.75 bits per heavy atom. The van der Waals surface area contributed by atoms with E-state index in [-0.39, 0.29) is 6.61 Å². The second-order valence-electron chi connectivity index (χ2n) is 4.03. The Bertz CT molecular complexity index is 375. The van der Waals surface area contributed by atoms with Crippen LogP contribution in [0.5, 0.6) is 5.75 Å². The van der Waals surface area contributed by atoms with Crippen LogP contribution in [0.3, 0.4) is 0 Å². The normalized spacial score (nSPS) is 10.5. The fourth-order valence-corrected chi connectivity index (χ4v) is 1.62. The molecule has 3 nitrogen and oxygen atoms in total. The second-order valence-corrected chi connectivity index (χ2v) is 4.47. The van der Waals surface area contributed by atoms with E-state index in [9.17, 15) is 4.79 Å². The number of ether oxygens (including phenoxy) is 1. The van der Waals surface area contributed by atoms with Crippen molar-refractivity contribution in [3.8, 4) is 5.75 Å². The van der Waals surface area contributed by atoms with Gasteiger partial charge in [-0.1, -0.05) is 25.4 Å². The van der Waals surface area contributed by atoms with E-state index in [0.717, 1.165) is 12.0 Å². The molecule has 0 radical (unpaired) electrons. The highest BCUT2D eigenvalue weighted by Crippen LogP contribution is 2.25. The molecule has 0 unspecified atom stereocenters. The molecule has 4 heteroatoms. The molecule has 1 aromatic rings. The van der Waals surface area contributed by atoms with Crippen LogP contribution in [0, 0.1) is 5.92 Å². The number of carboxylic acid groups (broad SMARTS) is 1. The molecule has 1 aromatic carbocycles. The van der Waals surface area contributed by atoms with Crippen LogP contribution >= 0.6 is 11.6 Å². The molecule has 0 saturated carbocycles. The molecule has 0 spiro atoms. The number of aliphatic carboxylic acids is 1. The molecular formula is C12H15ClO3. The summed E-state index contributed by atoms with van der Waals surface area (Å²) in [6.45, 7) is 3.84. The van der Waals surface area contributed by atoms with Crippen molar-refractivity contribution in [1.29, 1.82) is 0 Å². The van der Waals surface area contributed by atoms with Gasteiger partial charge in [-0.3, -0.25) is 0 Å². The van der Waals surface area contributed by atoms with Crippen molar-refractivity contribution in [1.82, 2.24) is 0 Å². The standard InChI is InChI=1S/C12H15ClO3/c1-8(2)5-9-6-10(13)3-4-11(9)16-7-12(14)15/h3-4,6,8H,5,7H2,1-2H3,(H,14,15). The van der Waals surface area contributed by atoms with Crippen LogP contribution in [-0.4, -0.2) is 17.7 Å². The number of benzene rings is 1. The van der Waals surface area contributed by atoms with Crippen molar-refractivity contribution in [2.45, 2.75) is 20.3 Å². The van der Waals surface area contributed by atoms with E-state index < -0.39 is 5.97 Å². The highest BCUT2D eigenvalue weighted by atomic mass is 35.5. The summed E-state index contributed by atoms with van der Waals surface area (Å²) in [7, 11) is 0. The van der Waals surface area contributed by atoms with Crippen LogP contribution in [0.1, 0.15) is 19.4 Å². The Hall–Kier alpha value is -1.22. The molecule has 0 aliphatic heterocycles. The number of halogens is 1. The first-order valence-corrected chi connectivity index (χ1v) is 5.50. The van der Waals surface area contributed by atoms with E-state index in [2.05, 4.69) is 13.8 Å². The second kappa shape index (κ2) is 5.75. The summed E-state index contributed by atoms with van der Waals surface area (Å²) >= 11 is 5.89. The maximum absolute atomic E-state index is 10.4. The van der Waals surface area contributed by atoms with E-state index in [4.69, 9.17) is 21.4 Å². The van der Waals surface area contributed by atoms with Gasteiger partial charge in [0, 0.05) is 5.02 Å². The molecule has 1 N–H and O–H groups in total. The van der Waals surface area contributed by atoms with Gasteiger partial charge >= 0.3 is 5.97 Å². The monoisotopic (exact) mass is 242 g/mol. The van der Waals surface area contributed by atoms with Crippen LogP contribution in [0.15, 0.2) is 18.2 Å². The lowest BCUT2D eigenvalue weighted by Crippen LogP contribution is -2.11. The van der Waals surface area contributed by atoms with E-state index in [0.29, 0.717) is 16.7 Å². The number of carbonyl (C=O) groups is 1. The fourth-order valence-electron chi connectivity index (χ4n) is 1.43. The lowest BCUT2D eigenvalue weighted by atomic mass is 10.0. The van der Waals surface area contributed by atoms with Crippen molar-refractivity contribution in [2.24, 2.45) is 5.92 Å². The lowest BCUT2D eigenvalue weighted by Gasteiger charge is -2.12. The Morgan fingerprint density at radius 2 is 2.19 bits per heavy atom. The Morgan fingerprint density at radius 1 is 1.50 bits per heavy atom. The van der Waals surface area contributed by atoms with Gasteiger partial charge in [-0.25, -0.2) is 4.79 Å². The number of hydrogen-bond acceptors (Lipinski definition) is 2. The topological polar surface area (TPSA) is 46.5 Å². The molecule has 0 fully saturated rings. The molecule has 0 aliphatic rings. The molecule has 16 heavy (non-hydrogen) atoms. The van der Waals surface area contributed by atoms with Gasteiger partial charge in [-0.15, -0.1) is 0 Å². The van der Waals surface area contributed by atoms with Gasteiger partial charge in [-0.2, -0.15) is 0 Å². The van der Waals surface area contributed by atoms with E-state index in [1.165, 1.54) is 0 Å². The molecular weight excluding hydrogens is 228 g/mol. The smallest absolute Gasteiger partial charge is 0.341 e. The van der Waals surface area contributed by atoms with E-state index in [1.54, 1.807) is 12.1 Å². The summed E-state index contributed by atoms with van der Waals surface area (Å²) in [5, 5.41) is 9.19. The predicted octanol–water partition coefficient (Wildman–Crippen LogP) is 3.00. The number of carboxylic acids is 1. The van der Waals surface area contributed by atoms with Crippen molar-refractivity contribution >= 4 is 17.6 Å². The van der Waals surface area contributed by atoms with Crippen LogP contribution in [0.2, 0.25) is 5.02 Å². The Balaban J connectivity index is 2.84. The maximum atomic E-state index is 10.4. The average molecular weight is 243 g/mol. The van der Waals surface area contributed by atoms with E-state index >= 15 is 0 Å². The molecule has 1 rings (SSSR count). The quantitative estimate of drug-likeness (QED) is 0.864. The first-order chi connectivity index (χ1) is 7.49. The Labute approximate surface area is 100.0 Å². The molecule has 0 saturated heterocycles. The average Bonchev–Trinajstić information content (AvgIpc) is 2.15. The van der Waals surface area contributed by atoms with Crippen molar-refractivity contribution < 1.29 is 14.6 Å². The summed E-state index contributed by atoms with van der Waals surface area (Å²) in [6.07, 6.45) is 0.815. The van der Waals surface area contributed by atoms with Crippen LogP contribution in [0.4, 0.5) is 0 Å². The third-order valence-corrected chi connectivity index (χ3v) is 2.24. The Kier molecular flexibility index (Phi) is 4.62. The summed E-state index contributed by atoms with van der Waals surface area (Å²) < 4.78 is 5.20. The fraction of sp³-hybridized carbons (Fsp3) is 0.417. The minimum absolute atomic E-state index is 0.327. The molecule has 0 aromatic heterocycles. The molecule has 0 atom stereocenters. The summed E-state index contributed by atoms with van der Waals surface area (Å²) in [4.78, 5) is 10.4. The van der Waals surface area contributed by atoms with Gasteiger partial charge in [0.1, 0.15) is 5.75 Å². The first-order valence-electron chi connectivity index (χ1n) is 5.12. The van der Waals surface area contributed by atoms with Gasteiger partial charge in [0.25, 0.3) is 0 Å². The summed E-state index contributed by atoms with van der Waals surface area (Å²) in [6, 6.07) is 5.23. The van der Waals surface area contributed by atoms with Gasteiger partial charge < -0.3 is 9.84 Å². The molecule has 0 heterocycles. The van der Waals surface area contributed by atoms with E-state index in [1.807, 2.05) is 6.07 Å². The van der Waals surface area contributed by atoms with Crippen LogP contribution in [-0.2, 0) is 11.2 Å². The first kappa shape index (κ1) is 12.8. The van der Waals surface area contributed by atoms with Gasteiger partial charge in [0.05, 0.1) is 0 Å². The third-order valence-electron chi connectivity index (χ3n) is 2.00. The lowest BCUT2D eigenvalue weighted by molar-refractivity contribution is -0.139. The zero-order valence-electron chi connectivity index (χ0n) is 9.37. The number of rotatable bonds is 5. The zero-order chi connectivity index (χ0) is 12.1. The van der Waals surface area contributed by atoms with Crippen LogP contribution < -0.4 is 4.74 Å². The van der Waals surface area contributed by atoms with Crippen molar-refractivity contribution in [3.63, 3.8) is 0 Å². The highest BCUT2D eigenvalue weighted by molar-refractivity contribution is 6.30. The highest BCUT2D eigenvalue weighted by Gasteiger charge is 2.08. The predicted molar refractivity (Wildman–Crippen MR) is 63.1 cm³/mol. The summed E-state index contributed by atoms with van der Waals surface area (Å²) in [5.41, 5.74) is 0.948. The van der Waals surface area contributed by atoms with Gasteiger partial charge in [-0.05, 0) is 36.1 Å². The van der Waals surface area contributed by atoms with Gasteiger partial charge in [0.2, 0.25) is 0 Å². The molecule has 0 aliphatic carbocycles. The zero-order valence-corrected chi connectivity index (χ0v) is 10.1. The SMILES string of the molecule is CC(C)Cc1cc(Cl)ccc1OCC(=O)O. The van der Waals surface area contributed by atoms with Gasteiger partial charge in [0.15, 0.2) is 6.61 Å². The molecule has 0 amide bonds. The van der Waals surface area contributed by atoms with Crippen molar-refractivity contribution in [2.75, 3.05) is 6.61 Å². The maximum Gasteiger partial charge on any atom is 0.341 e. The third kappa shape index (κ3) is 4.11. The summed E-state index contributed by atoms with van der Waals surface area (Å²) in [5.74, 6) is 0.0802. The minimum Gasteiger partial charge on any atom is -0.482 e. The number of hydrogen-bond donors (Lipinski definition) is 1. The minimum atomic E-state index is -0.981. The largest absolute Gasteiger partial charge is 0.482 e. The van der Waals surface area contributed by atoms with Crippen LogP contribution in [0.25, 0.3) is 0 Å². The molecule has 0 bridgehead atoms.